The summed E-state index contributed by atoms with van der Waals surface area (Å²) in [6.45, 7) is 5.83. The highest BCUT2D eigenvalue weighted by Crippen LogP contribution is 2.20. The molecule has 7 heteroatoms. The van der Waals surface area contributed by atoms with Crippen molar-refractivity contribution < 1.29 is 33.6 Å². The molecular weight excluding hydrogens is 400 g/mol. The van der Waals surface area contributed by atoms with Crippen molar-refractivity contribution >= 4 is 11.9 Å². The van der Waals surface area contributed by atoms with E-state index < -0.39 is 18.2 Å². The maximum absolute atomic E-state index is 12.3. The number of hydrogen-bond acceptors (Lipinski definition) is 7. The first-order chi connectivity index (χ1) is 15.0. The van der Waals surface area contributed by atoms with Crippen LogP contribution in [0.25, 0.3) is 0 Å². The fourth-order valence-electron chi connectivity index (χ4n) is 2.62. The number of benzene rings is 2. The summed E-state index contributed by atoms with van der Waals surface area (Å²) < 4.78 is 21.1. The van der Waals surface area contributed by atoms with Gasteiger partial charge in [-0.3, -0.25) is 0 Å². The number of hydrogen-bond donors (Lipinski definition) is 1. The summed E-state index contributed by atoms with van der Waals surface area (Å²) in [6, 6.07) is 13.2. The lowest BCUT2D eigenvalue weighted by Gasteiger charge is -2.10. The number of carbonyl (C=O) groups excluding carboxylic acids is 2. The predicted molar refractivity (Wildman–Crippen MR) is 115 cm³/mol. The molecule has 166 valence electrons. The van der Waals surface area contributed by atoms with Crippen LogP contribution in [-0.4, -0.2) is 36.5 Å². The molecule has 2 rings (SSSR count). The van der Waals surface area contributed by atoms with E-state index in [0.29, 0.717) is 36.0 Å². The van der Waals surface area contributed by atoms with Crippen LogP contribution >= 0.6 is 0 Å². The third-order valence-electron chi connectivity index (χ3n) is 4.15. The molecule has 0 saturated heterocycles. The van der Waals surface area contributed by atoms with Gasteiger partial charge in [0.05, 0.1) is 18.8 Å². The van der Waals surface area contributed by atoms with Crippen LogP contribution in [0.3, 0.4) is 0 Å². The summed E-state index contributed by atoms with van der Waals surface area (Å²) in [4.78, 5) is 23.2. The van der Waals surface area contributed by atoms with Crippen LogP contribution in [0.5, 0.6) is 17.2 Å². The Morgan fingerprint density at radius 2 is 1.48 bits per heavy atom. The van der Waals surface area contributed by atoms with Gasteiger partial charge < -0.3 is 24.1 Å². The molecule has 2 aromatic rings. The summed E-state index contributed by atoms with van der Waals surface area (Å²) >= 11 is 0. The predicted octanol–water partition coefficient (Wildman–Crippen LogP) is 4.29. The highest BCUT2D eigenvalue weighted by molar-refractivity contribution is 5.91. The van der Waals surface area contributed by atoms with E-state index in [4.69, 9.17) is 18.9 Å². The van der Waals surface area contributed by atoms with E-state index in [9.17, 15) is 14.7 Å². The maximum Gasteiger partial charge on any atom is 0.343 e. The van der Waals surface area contributed by atoms with Crippen LogP contribution in [0.2, 0.25) is 0 Å². The van der Waals surface area contributed by atoms with Crippen molar-refractivity contribution in [1.29, 1.82) is 0 Å². The van der Waals surface area contributed by atoms with Crippen molar-refractivity contribution in [2.24, 2.45) is 0 Å². The van der Waals surface area contributed by atoms with Gasteiger partial charge in [0, 0.05) is 6.08 Å². The van der Waals surface area contributed by atoms with Gasteiger partial charge in [-0.25, -0.2) is 9.59 Å². The van der Waals surface area contributed by atoms with Gasteiger partial charge in [0.25, 0.3) is 0 Å². The highest BCUT2D eigenvalue weighted by atomic mass is 16.6. The molecule has 0 heterocycles. The molecule has 0 radical (unpaired) electrons. The Morgan fingerprint density at radius 1 is 0.903 bits per heavy atom. The van der Waals surface area contributed by atoms with Crippen molar-refractivity contribution in [1.82, 2.24) is 0 Å². The molecule has 1 atom stereocenters. The largest absolute Gasteiger partial charge is 0.494 e. The van der Waals surface area contributed by atoms with Crippen molar-refractivity contribution in [3.05, 3.63) is 66.7 Å². The van der Waals surface area contributed by atoms with Gasteiger partial charge in [0.2, 0.25) is 0 Å². The lowest BCUT2D eigenvalue weighted by molar-refractivity contribution is -0.137. The standard InChI is InChI=1S/C24H28O7/c1-3-23(26)29-17-7-5-4-6-16-28-20-10-8-19(9-11-20)24(27)31-22-14-12-21(13-15-22)30-18(2)25/h3,8-15,18,25H,1,4-7,16-17H2,2H3. The quantitative estimate of drug-likeness (QED) is 0.167. The van der Waals surface area contributed by atoms with Crippen LogP contribution in [0.1, 0.15) is 43.0 Å². The molecule has 0 bridgehead atoms. The Balaban J connectivity index is 1.67. The molecule has 31 heavy (non-hydrogen) atoms. The van der Waals surface area contributed by atoms with E-state index in [0.717, 1.165) is 31.8 Å². The van der Waals surface area contributed by atoms with Crippen molar-refractivity contribution in [2.45, 2.75) is 38.9 Å². The number of unbranched alkanes of at least 4 members (excludes halogenated alkanes) is 3. The van der Waals surface area contributed by atoms with E-state index in [2.05, 4.69) is 6.58 Å². The Kier molecular flexibility index (Phi) is 10.1. The third kappa shape index (κ3) is 9.35. The first-order valence-corrected chi connectivity index (χ1v) is 10.2. The van der Waals surface area contributed by atoms with Gasteiger partial charge in [-0.2, -0.15) is 0 Å². The molecule has 0 fully saturated rings. The molecule has 0 spiro atoms. The highest BCUT2D eigenvalue weighted by Gasteiger charge is 2.09. The minimum absolute atomic E-state index is 0.377. The molecule has 1 unspecified atom stereocenters. The molecule has 0 aliphatic rings. The van der Waals surface area contributed by atoms with Crippen LogP contribution in [0.4, 0.5) is 0 Å². The van der Waals surface area contributed by atoms with Crippen LogP contribution in [-0.2, 0) is 9.53 Å². The number of esters is 2. The number of aliphatic hydroxyl groups is 1. The zero-order chi connectivity index (χ0) is 22.5. The third-order valence-corrected chi connectivity index (χ3v) is 4.15. The monoisotopic (exact) mass is 428 g/mol. The molecule has 2 aromatic carbocycles. The fourth-order valence-corrected chi connectivity index (χ4v) is 2.62. The average molecular weight is 428 g/mol. The average Bonchev–Trinajstić information content (AvgIpc) is 2.76. The van der Waals surface area contributed by atoms with E-state index in [1.165, 1.54) is 6.92 Å². The molecule has 1 N–H and O–H groups in total. The van der Waals surface area contributed by atoms with E-state index in [1.54, 1.807) is 48.5 Å². The summed E-state index contributed by atoms with van der Waals surface area (Å²) in [5.74, 6) is 0.662. The number of carbonyl (C=O) groups is 2. The molecule has 0 aliphatic carbocycles. The maximum atomic E-state index is 12.3. The topological polar surface area (TPSA) is 91.3 Å². The fraction of sp³-hybridized carbons (Fsp3) is 0.333. The Morgan fingerprint density at radius 3 is 2.10 bits per heavy atom. The number of aliphatic hydroxyl groups excluding tert-OH is 1. The SMILES string of the molecule is C=CC(=O)OCCCCCCOc1ccc(C(=O)Oc2ccc(OC(C)O)cc2)cc1. The zero-order valence-corrected chi connectivity index (χ0v) is 17.6. The van der Waals surface area contributed by atoms with E-state index in [1.807, 2.05) is 0 Å². The smallest absolute Gasteiger partial charge is 0.343 e. The van der Waals surface area contributed by atoms with Crippen molar-refractivity contribution in [3.8, 4) is 17.2 Å². The second-order valence-corrected chi connectivity index (χ2v) is 6.74. The van der Waals surface area contributed by atoms with Crippen LogP contribution < -0.4 is 14.2 Å². The molecule has 0 aliphatic heterocycles. The van der Waals surface area contributed by atoms with Gasteiger partial charge in [0.15, 0.2) is 6.29 Å². The Hall–Kier alpha value is -3.32. The van der Waals surface area contributed by atoms with Crippen LogP contribution in [0.15, 0.2) is 61.2 Å². The second kappa shape index (κ2) is 13.1. The summed E-state index contributed by atoms with van der Waals surface area (Å²) in [5.41, 5.74) is 0.408. The molecule has 7 nitrogen and oxygen atoms in total. The summed E-state index contributed by atoms with van der Waals surface area (Å²) in [7, 11) is 0. The normalized spacial score (nSPS) is 11.3. The molecule has 0 amide bonds. The van der Waals surface area contributed by atoms with Crippen LogP contribution in [0, 0.1) is 0 Å². The molecule has 0 saturated carbocycles. The lowest BCUT2D eigenvalue weighted by Crippen LogP contribution is -2.10. The second-order valence-electron chi connectivity index (χ2n) is 6.74. The minimum atomic E-state index is -0.914. The van der Waals surface area contributed by atoms with Gasteiger partial charge in [0.1, 0.15) is 17.2 Å². The number of ether oxygens (including phenoxy) is 4. The Bertz CT molecular complexity index is 826. The first-order valence-electron chi connectivity index (χ1n) is 10.2. The van der Waals surface area contributed by atoms with E-state index >= 15 is 0 Å². The minimum Gasteiger partial charge on any atom is -0.494 e. The molecule has 0 aromatic heterocycles. The summed E-state index contributed by atoms with van der Waals surface area (Å²) in [5, 5.41) is 9.19. The van der Waals surface area contributed by atoms with Gasteiger partial charge in [-0.15, -0.1) is 0 Å². The van der Waals surface area contributed by atoms with E-state index in [-0.39, 0.29) is 0 Å². The molecular formula is C24H28O7. The lowest BCUT2D eigenvalue weighted by atomic mass is 10.2. The zero-order valence-electron chi connectivity index (χ0n) is 17.6. The Labute approximate surface area is 182 Å². The van der Waals surface area contributed by atoms with Gasteiger partial charge >= 0.3 is 11.9 Å². The summed E-state index contributed by atoms with van der Waals surface area (Å²) in [6.07, 6.45) is 3.86. The number of rotatable bonds is 13. The van der Waals surface area contributed by atoms with Crippen molar-refractivity contribution in [3.63, 3.8) is 0 Å². The first kappa shape index (κ1) is 24.0. The van der Waals surface area contributed by atoms with Gasteiger partial charge in [-0.05, 0) is 81.1 Å². The van der Waals surface area contributed by atoms with Gasteiger partial charge in [-0.1, -0.05) is 6.58 Å². The van der Waals surface area contributed by atoms with Crippen molar-refractivity contribution in [2.75, 3.05) is 13.2 Å².